The number of aromatic nitrogens is 1. The summed E-state index contributed by atoms with van der Waals surface area (Å²) < 4.78 is 40.4. The predicted octanol–water partition coefficient (Wildman–Crippen LogP) is 4.86. The van der Waals surface area contributed by atoms with Gasteiger partial charge >= 0.3 is 6.18 Å². The predicted molar refractivity (Wildman–Crippen MR) is 95.7 cm³/mol. The Kier molecular flexibility index (Phi) is 4.54. The van der Waals surface area contributed by atoms with Crippen LogP contribution in [0.5, 0.6) is 0 Å². The lowest BCUT2D eigenvalue weighted by atomic mass is 10.0. The Hall–Kier alpha value is -2.73. The van der Waals surface area contributed by atoms with Crippen molar-refractivity contribution in [2.45, 2.75) is 12.7 Å². The average molecular weight is 379 g/mol. The van der Waals surface area contributed by atoms with Gasteiger partial charge in [0, 0.05) is 34.8 Å². The Balaban J connectivity index is 1.99. The first-order valence-corrected chi connectivity index (χ1v) is 7.98. The fourth-order valence-electron chi connectivity index (χ4n) is 2.76. The largest absolute Gasteiger partial charge is 0.416 e. The highest BCUT2D eigenvalue weighted by Crippen LogP contribution is 2.31. The minimum absolute atomic E-state index is 0.0996. The Morgan fingerprint density at radius 1 is 1.19 bits per heavy atom. The zero-order chi connectivity index (χ0) is 19.1. The highest BCUT2D eigenvalue weighted by atomic mass is 35.5. The van der Waals surface area contributed by atoms with Crippen LogP contribution in [0.4, 0.5) is 13.2 Å². The summed E-state index contributed by atoms with van der Waals surface area (Å²) in [4.78, 5) is 11.3. The van der Waals surface area contributed by atoms with Gasteiger partial charge in [0.15, 0.2) is 0 Å². The van der Waals surface area contributed by atoms with Crippen molar-refractivity contribution in [2.75, 3.05) is 0 Å². The summed E-state index contributed by atoms with van der Waals surface area (Å²) >= 11 is 6.23. The second-order valence-corrected chi connectivity index (χ2v) is 6.28. The number of benzene rings is 2. The number of nitrogens with two attached hydrogens (primary N) is 1. The molecule has 0 unspecified atom stereocenters. The molecule has 0 aliphatic carbocycles. The van der Waals surface area contributed by atoms with Crippen LogP contribution in [-0.2, 0) is 17.5 Å². The number of carbonyl (C=O) groups is 1. The van der Waals surface area contributed by atoms with Crippen molar-refractivity contribution in [3.8, 4) is 0 Å². The number of primary amides is 1. The minimum atomic E-state index is -4.39. The van der Waals surface area contributed by atoms with Gasteiger partial charge in [0.2, 0.25) is 5.91 Å². The third kappa shape index (κ3) is 3.46. The number of amides is 1. The second kappa shape index (κ2) is 6.53. The Labute approximate surface area is 152 Å². The van der Waals surface area contributed by atoms with Crippen molar-refractivity contribution < 1.29 is 18.0 Å². The van der Waals surface area contributed by atoms with Gasteiger partial charge < -0.3 is 10.3 Å². The molecular weight excluding hydrogens is 365 g/mol. The summed E-state index contributed by atoms with van der Waals surface area (Å²) in [6, 6.07) is 10.3. The van der Waals surface area contributed by atoms with Crippen LogP contribution in [0.1, 0.15) is 16.7 Å². The summed E-state index contributed by atoms with van der Waals surface area (Å²) in [6.45, 7) is 3.88. The average Bonchev–Trinajstić information content (AvgIpc) is 2.94. The van der Waals surface area contributed by atoms with E-state index in [4.69, 9.17) is 17.3 Å². The van der Waals surface area contributed by atoms with Gasteiger partial charge in [-0.25, -0.2) is 0 Å². The first kappa shape index (κ1) is 18.1. The fraction of sp³-hybridized carbons (Fsp3) is 0.105. The quantitative estimate of drug-likeness (QED) is 0.647. The fourth-order valence-corrected chi connectivity index (χ4v) is 3.03. The number of carbonyl (C=O) groups excluding carboxylic acids is 1. The number of alkyl halides is 3. The summed E-state index contributed by atoms with van der Waals surface area (Å²) in [5.41, 5.74) is 6.33. The lowest BCUT2D eigenvalue weighted by Gasteiger charge is -2.11. The normalized spacial score (nSPS) is 11.7. The standard InChI is InChI=1S/C19H14ClF3N2O/c1-11(18(24)26)15-8-13-5-6-25(17(13)9-16(15)20)10-12-3-2-4-14(7-12)19(21,22)23/h2-9H,1,10H2,(H2,24,26). The van der Waals surface area contributed by atoms with Gasteiger partial charge in [0.05, 0.1) is 10.6 Å². The molecule has 0 bridgehead atoms. The number of fused-ring (bicyclic) bond motifs is 1. The SMILES string of the molecule is C=C(C(N)=O)c1cc2ccn(Cc3cccc(C(F)(F)F)c3)c2cc1Cl. The molecule has 134 valence electrons. The number of hydrogen-bond donors (Lipinski definition) is 1. The molecule has 0 saturated heterocycles. The van der Waals surface area contributed by atoms with Crippen LogP contribution >= 0.6 is 11.6 Å². The molecule has 3 aromatic rings. The van der Waals surface area contributed by atoms with E-state index in [0.29, 0.717) is 16.1 Å². The molecule has 1 amide bonds. The zero-order valence-electron chi connectivity index (χ0n) is 13.5. The van der Waals surface area contributed by atoms with Gasteiger partial charge in [0.25, 0.3) is 0 Å². The second-order valence-electron chi connectivity index (χ2n) is 5.88. The third-order valence-corrected chi connectivity index (χ3v) is 4.40. The molecule has 0 atom stereocenters. The molecule has 0 spiro atoms. The van der Waals surface area contributed by atoms with Crippen molar-refractivity contribution in [3.05, 3.63) is 77.0 Å². The van der Waals surface area contributed by atoms with Gasteiger partial charge in [-0.1, -0.05) is 30.3 Å². The van der Waals surface area contributed by atoms with Gasteiger partial charge in [-0.15, -0.1) is 0 Å². The molecule has 0 fully saturated rings. The molecule has 3 rings (SSSR count). The minimum Gasteiger partial charge on any atom is -0.366 e. The summed E-state index contributed by atoms with van der Waals surface area (Å²) in [7, 11) is 0. The summed E-state index contributed by atoms with van der Waals surface area (Å²) in [6.07, 6.45) is -2.64. The van der Waals surface area contributed by atoms with Crippen LogP contribution in [0.15, 0.2) is 55.2 Å². The van der Waals surface area contributed by atoms with Gasteiger partial charge in [0.1, 0.15) is 0 Å². The van der Waals surface area contributed by atoms with Crippen molar-refractivity contribution in [2.24, 2.45) is 5.73 Å². The maximum Gasteiger partial charge on any atom is 0.416 e. The van der Waals surface area contributed by atoms with E-state index in [9.17, 15) is 18.0 Å². The summed E-state index contributed by atoms with van der Waals surface area (Å²) in [5, 5.41) is 1.07. The van der Waals surface area contributed by atoms with Crippen molar-refractivity contribution in [3.63, 3.8) is 0 Å². The first-order chi connectivity index (χ1) is 12.2. The number of rotatable bonds is 4. The Morgan fingerprint density at radius 3 is 2.58 bits per heavy atom. The molecule has 3 nitrogen and oxygen atoms in total. The van der Waals surface area contributed by atoms with E-state index >= 15 is 0 Å². The molecule has 0 saturated carbocycles. The number of halogens is 4. The number of hydrogen-bond acceptors (Lipinski definition) is 1. The Morgan fingerprint density at radius 2 is 1.92 bits per heavy atom. The Bertz CT molecular complexity index is 1020. The molecule has 0 aliphatic heterocycles. The molecule has 2 aromatic carbocycles. The first-order valence-electron chi connectivity index (χ1n) is 7.60. The molecule has 1 aromatic heterocycles. The maximum atomic E-state index is 12.9. The van der Waals surface area contributed by atoms with Crippen LogP contribution in [0.2, 0.25) is 5.02 Å². The van der Waals surface area contributed by atoms with Crippen LogP contribution in [0.25, 0.3) is 16.5 Å². The van der Waals surface area contributed by atoms with Gasteiger partial charge in [-0.2, -0.15) is 13.2 Å². The van der Waals surface area contributed by atoms with Crippen molar-refractivity contribution in [1.29, 1.82) is 0 Å². The zero-order valence-corrected chi connectivity index (χ0v) is 14.2. The molecule has 2 N–H and O–H groups in total. The number of nitrogens with zero attached hydrogens (tertiary/aromatic N) is 1. The lowest BCUT2D eigenvalue weighted by molar-refractivity contribution is -0.137. The van der Waals surface area contributed by atoms with E-state index in [-0.39, 0.29) is 12.1 Å². The van der Waals surface area contributed by atoms with Gasteiger partial charge in [-0.3, -0.25) is 4.79 Å². The highest BCUT2D eigenvalue weighted by Gasteiger charge is 2.30. The molecule has 26 heavy (non-hydrogen) atoms. The smallest absolute Gasteiger partial charge is 0.366 e. The van der Waals surface area contributed by atoms with Gasteiger partial charge in [-0.05, 0) is 35.9 Å². The van der Waals surface area contributed by atoms with Crippen LogP contribution in [0.3, 0.4) is 0 Å². The van der Waals surface area contributed by atoms with Crippen LogP contribution < -0.4 is 5.73 Å². The highest BCUT2D eigenvalue weighted by molar-refractivity contribution is 6.35. The molecular formula is C19H14ClF3N2O. The molecule has 1 heterocycles. The molecule has 7 heteroatoms. The third-order valence-electron chi connectivity index (χ3n) is 4.09. The maximum absolute atomic E-state index is 12.9. The molecule has 0 aliphatic rings. The van der Waals surface area contributed by atoms with E-state index in [1.807, 2.05) is 0 Å². The topological polar surface area (TPSA) is 48.0 Å². The van der Waals surface area contributed by atoms with E-state index in [2.05, 4.69) is 6.58 Å². The van der Waals surface area contributed by atoms with Crippen LogP contribution in [-0.4, -0.2) is 10.5 Å². The summed E-state index contributed by atoms with van der Waals surface area (Å²) in [5.74, 6) is -0.672. The van der Waals surface area contributed by atoms with E-state index in [1.165, 1.54) is 6.07 Å². The monoisotopic (exact) mass is 378 g/mol. The van der Waals surface area contributed by atoms with E-state index < -0.39 is 17.6 Å². The van der Waals surface area contributed by atoms with Crippen molar-refractivity contribution >= 4 is 34.0 Å². The lowest BCUT2D eigenvalue weighted by Crippen LogP contribution is -2.12. The van der Waals surface area contributed by atoms with E-state index in [1.54, 1.807) is 35.0 Å². The van der Waals surface area contributed by atoms with Crippen molar-refractivity contribution in [1.82, 2.24) is 4.57 Å². The van der Waals surface area contributed by atoms with E-state index in [0.717, 1.165) is 23.0 Å². The van der Waals surface area contributed by atoms with Crippen LogP contribution in [0, 0.1) is 0 Å². The molecule has 0 radical (unpaired) electrons.